The van der Waals surface area contributed by atoms with Crippen molar-refractivity contribution in [3.8, 4) is 5.75 Å². The number of hydrogen-bond acceptors (Lipinski definition) is 4. The largest absolute Gasteiger partial charge is 0.465 e. The van der Waals surface area contributed by atoms with E-state index >= 15 is 0 Å². The van der Waals surface area contributed by atoms with E-state index in [9.17, 15) is 4.79 Å². The molecule has 1 heterocycles. The molecule has 4 heteroatoms. The Kier molecular flexibility index (Phi) is 3.79. The smallest absolute Gasteiger partial charge is 0.336 e. The predicted octanol–water partition coefficient (Wildman–Crippen LogP) is 2.31. The van der Waals surface area contributed by atoms with Crippen molar-refractivity contribution in [2.75, 3.05) is 6.61 Å². The standard InChI is InChI=1S/C14H14O4/c1-10(9-15)6-7-17-12-4-2-11-3-5-14(16)18-13(11)8-12/h2-8,10,15H,9H2,1H3/t10-/m1/s1. The van der Waals surface area contributed by atoms with Gasteiger partial charge in [0.2, 0.25) is 0 Å². The first-order chi connectivity index (χ1) is 8.69. The van der Waals surface area contributed by atoms with E-state index in [1.54, 1.807) is 24.3 Å². The van der Waals surface area contributed by atoms with Crippen LogP contribution < -0.4 is 10.4 Å². The minimum absolute atomic E-state index is 0.0448. The van der Waals surface area contributed by atoms with Crippen LogP contribution in [0.15, 0.2) is 51.9 Å². The molecule has 0 amide bonds. The molecule has 94 valence electrons. The fraction of sp³-hybridized carbons (Fsp3) is 0.214. The van der Waals surface area contributed by atoms with Gasteiger partial charge in [0.25, 0.3) is 0 Å². The Hall–Kier alpha value is -2.07. The first-order valence-electron chi connectivity index (χ1n) is 5.67. The molecule has 0 aliphatic heterocycles. The number of aliphatic hydroxyl groups excluding tert-OH is 1. The van der Waals surface area contributed by atoms with Gasteiger partial charge in [0.1, 0.15) is 11.3 Å². The van der Waals surface area contributed by atoms with Gasteiger partial charge in [-0.15, -0.1) is 0 Å². The third kappa shape index (κ3) is 2.99. The van der Waals surface area contributed by atoms with Crippen molar-refractivity contribution in [2.45, 2.75) is 6.92 Å². The summed E-state index contributed by atoms with van der Waals surface area (Å²) in [6.45, 7) is 1.95. The molecular formula is C14H14O4. The highest BCUT2D eigenvalue weighted by atomic mass is 16.5. The summed E-state index contributed by atoms with van der Waals surface area (Å²) >= 11 is 0. The van der Waals surface area contributed by atoms with Crippen molar-refractivity contribution in [1.29, 1.82) is 0 Å². The summed E-state index contributed by atoms with van der Waals surface area (Å²) in [5.41, 5.74) is 0.104. The molecule has 1 aromatic carbocycles. The number of hydrogen-bond donors (Lipinski definition) is 1. The van der Waals surface area contributed by atoms with E-state index in [-0.39, 0.29) is 18.2 Å². The van der Waals surface area contributed by atoms with Crippen LogP contribution in [-0.2, 0) is 0 Å². The number of ether oxygens (including phenoxy) is 1. The van der Waals surface area contributed by atoms with Gasteiger partial charge in [-0.1, -0.05) is 6.92 Å². The fourth-order valence-electron chi connectivity index (χ4n) is 1.43. The van der Waals surface area contributed by atoms with Crippen molar-refractivity contribution < 1.29 is 14.3 Å². The number of aliphatic hydroxyl groups is 1. The van der Waals surface area contributed by atoms with Crippen LogP contribution in [0.25, 0.3) is 11.0 Å². The Labute approximate surface area is 104 Å². The minimum atomic E-state index is -0.385. The van der Waals surface area contributed by atoms with Crippen molar-refractivity contribution >= 4 is 11.0 Å². The number of rotatable bonds is 4. The highest BCUT2D eigenvalue weighted by Crippen LogP contribution is 2.19. The third-order valence-electron chi connectivity index (χ3n) is 2.49. The molecule has 2 rings (SSSR count). The number of benzene rings is 1. The van der Waals surface area contributed by atoms with Gasteiger partial charge in [-0.25, -0.2) is 4.79 Å². The molecule has 0 saturated carbocycles. The van der Waals surface area contributed by atoms with Crippen LogP contribution in [0.2, 0.25) is 0 Å². The highest BCUT2D eigenvalue weighted by Gasteiger charge is 1.99. The minimum Gasteiger partial charge on any atom is -0.465 e. The summed E-state index contributed by atoms with van der Waals surface area (Å²) in [7, 11) is 0. The van der Waals surface area contributed by atoms with E-state index < -0.39 is 0 Å². The average molecular weight is 246 g/mol. The first-order valence-corrected chi connectivity index (χ1v) is 5.67. The molecule has 0 aliphatic rings. The summed E-state index contributed by atoms with van der Waals surface area (Å²) in [4.78, 5) is 11.1. The van der Waals surface area contributed by atoms with E-state index in [1.807, 2.05) is 13.0 Å². The fourth-order valence-corrected chi connectivity index (χ4v) is 1.43. The quantitative estimate of drug-likeness (QED) is 0.664. The predicted molar refractivity (Wildman–Crippen MR) is 68.5 cm³/mol. The molecule has 18 heavy (non-hydrogen) atoms. The van der Waals surface area contributed by atoms with Gasteiger partial charge in [0.05, 0.1) is 6.26 Å². The van der Waals surface area contributed by atoms with Gasteiger partial charge < -0.3 is 14.3 Å². The van der Waals surface area contributed by atoms with Crippen LogP contribution in [0.1, 0.15) is 6.92 Å². The third-order valence-corrected chi connectivity index (χ3v) is 2.49. The van der Waals surface area contributed by atoms with Crippen LogP contribution >= 0.6 is 0 Å². The Morgan fingerprint density at radius 2 is 2.17 bits per heavy atom. The van der Waals surface area contributed by atoms with Crippen molar-refractivity contribution in [3.63, 3.8) is 0 Å². The maximum absolute atomic E-state index is 11.1. The second kappa shape index (κ2) is 5.51. The van der Waals surface area contributed by atoms with E-state index in [0.29, 0.717) is 11.3 Å². The second-order valence-electron chi connectivity index (χ2n) is 4.06. The van der Waals surface area contributed by atoms with E-state index in [2.05, 4.69) is 0 Å². The molecular weight excluding hydrogens is 232 g/mol. The first kappa shape index (κ1) is 12.4. The molecule has 1 N–H and O–H groups in total. The van der Waals surface area contributed by atoms with Gasteiger partial charge in [-0.2, -0.15) is 0 Å². The summed E-state index contributed by atoms with van der Waals surface area (Å²) in [5, 5.41) is 9.69. The maximum Gasteiger partial charge on any atom is 0.336 e. The summed E-state index contributed by atoms with van der Waals surface area (Å²) < 4.78 is 10.4. The topological polar surface area (TPSA) is 59.7 Å². The van der Waals surface area contributed by atoms with Crippen LogP contribution in [0, 0.1) is 5.92 Å². The molecule has 0 spiro atoms. The summed E-state index contributed by atoms with van der Waals surface area (Å²) in [6, 6.07) is 8.35. The van der Waals surface area contributed by atoms with Crippen molar-refractivity contribution in [1.82, 2.24) is 0 Å². The van der Waals surface area contributed by atoms with E-state index in [0.717, 1.165) is 5.39 Å². The highest BCUT2D eigenvalue weighted by molar-refractivity contribution is 5.77. The maximum atomic E-state index is 11.1. The molecule has 0 fully saturated rings. The second-order valence-corrected chi connectivity index (χ2v) is 4.06. The van der Waals surface area contributed by atoms with Crippen LogP contribution in [-0.4, -0.2) is 11.7 Å². The SMILES string of the molecule is C[C@H](C=COc1ccc2ccc(=O)oc2c1)CO. The number of fused-ring (bicyclic) bond motifs is 1. The molecule has 2 aromatic rings. The van der Waals surface area contributed by atoms with Crippen molar-refractivity contribution in [3.05, 3.63) is 53.1 Å². The lowest BCUT2D eigenvalue weighted by molar-refractivity contribution is 0.260. The van der Waals surface area contributed by atoms with Gasteiger partial charge in [-0.3, -0.25) is 0 Å². The Balaban J connectivity index is 2.19. The van der Waals surface area contributed by atoms with Gasteiger partial charge >= 0.3 is 5.63 Å². The normalized spacial score (nSPS) is 13.0. The van der Waals surface area contributed by atoms with Crippen LogP contribution in [0.3, 0.4) is 0 Å². The lowest BCUT2D eigenvalue weighted by Crippen LogP contribution is -1.96. The van der Waals surface area contributed by atoms with Crippen LogP contribution in [0.5, 0.6) is 5.75 Å². The molecule has 0 saturated heterocycles. The molecule has 0 aliphatic carbocycles. The Morgan fingerprint density at radius 1 is 1.39 bits per heavy atom. The van der Waals surface area contributed by atoms with Gasteiger partial charge in [-0.05, 0) is 24.3 Å². The molecule has 0 unspecified atom stereocenters. The lowest BCUT2D eigenvalue weighted by Gasteiger charge is -2.03. The molecule has 1 aromatic heterocycles. The average Bonchev–Trinajstić information content (AvgIpc) is 2.38. The molecule has 0 bridgehead atoms. The Morgan fingerprint density at radius 3 is 2.94 bits per heavy atom. The molecule has 4 nitrogen and oxygen atoms in total. The zero-order valence-corrected chi connectivity index (χ0v) is 10.00. The van der Waals surface area contributed by atoms with Gasteiger partial charge in [0, 0.05) is 30.0 Å². The zero-order chi connectivity index (χ0) is 13.0. The summed E-state index contributed by atoms with van der Waals surface area (Å²) in [6.07, 6.45) is 3.27. The monoisotopic (exact) mass is 246 g/mol. The van der Waals surface area contributed by atoms with Crippen molar-refractivity contribution in [2.24, 2.45) is 5.92 Å². The van der Waals surface area contributed by atoms with Gasteiger partial charge in [0.15, 0.2) is 0 Å². The molecule has 1 atom stereocenters. The summed E-state index contributed by atoms with van der Waals surface area (Å²) in [5.74, 6) is 0.627. The van der Waals surface area contributed by atoms with E-state index in [1.165, 1.54) is 12.3 Å². The van der Waals surface area contributed by atoms with E-state index in [4.69, 9.17) is 14.3 Å². The van der Waals surface area contributed by atoms with Crippen LogP contribution in [0.4, 0.5) is 0 Å². The lowest BCUT2D eigenvalue weighted by atomic mass is 10.2. The zero-order valence-electron chi connectivity index (χ0n) is 10.00. The molecule has 0 radical (unpaired) electrons. The Bertz CT molecular complexity index is 612.